The summed E-state index contributed by atoms with van der Waals surface area (Å²) in [7, 11) is -2.87. The molecule has 5 heteroatoms. The molecule has 3 rings (SSSR count). The molecule has 1 aromatic carbocycles. The summed E-state index contributed by atoms with van der Waals surface area (Å²) in [5.41, 5.74) is 0. The van der Waals surface area contributed by atoms with Gasteiger partial charge in [0.05, 0.1) is 17.5 Å². The molecule has 90 valence electrons. The van der Waals surface area contributed by atoms with Gasteiger partial charge in [-0.1, -0.05) is 18.2 Å². The number of benzene rings is 1. The fourth-order valence-electron chi connectivity index (χ4n) is 2.14. The van der Waals surface area contributed by atoms with Crippen molar-refractivity contribution >= 4 is 31.3 Å². The molecule has 1 aromatic heterocycles. The zero-order chi connectivity index (χ0) is 11.9. The number of fused-ring (bicyclic) bond motifs is 1. The van der Waals surface area contributed by atoms with Gasteiger partial charge in [0.1, 0.15) is 0 Å². The minimum atomic E-state index is -2.87. The van der Waals surface area contributed by atoms with Gasteiger partial charge in [-0.15, -0.1) is 11.3 Å². The minimum Gasteiger partial charge on any atom is -0.307 e. The van der Waals surface area contributed by atoms with E-state index in [2.05, 4.69) is 23.5 Å². The first-order chi connectivity index (χ1) is 8.14. The first-order valence-electron chi connectivity index (χ1n) is 5.56. The second kappa shape index (κ2) is 4.08. The van der Waals surface area contributed by atoms with Crippen LogP contribution in [0.25, 0.3) is 10.1 Å². The summed E-state index contributed by atoms with van der Waals surface area (Å²) >= 11 is 1.68. The molecule has 0 saturated carbocycles. The highest BCUT2D eigenvalue weighted by molar-refractivity contribution is 7.91. The smallest absolute Gasteiger partial charge is 0.153 e. The third-order valence-electron chi connectivity index (χ3n) is 3.01. The Hall–Kier alpha value is -0.910. The van der Waals surface area contributed by atoms with E-state index in [0.717, 1.165) is 4.88 Å². The van der Waals surface area contributed by atoms with Crippen LogP contribution in [0.1, 0.15) is 10.9 Å². The number of rotatable bonds is 1. The Kier molecular flexibility index (Phi) is 2.69. The Morgan fingerprint density at radius 1 is 1.29 bits per heavy atom. The van der Waals surface area contributed by atoms with Gasteiger partial charge in [0.2, 0.25) is 0 Å². The van der Waals surface area contributed by atoms with E-state index < -0.39 is 9.84 Å². The molecule has 1 aliphatic rings. The Bertz CT molecular complexity index is 612. The van der Waals surface area contributed by atoms with Crippen LogP contribution in [0, 0.1) is 0 Å². The first-order valence-corrected chi connectivity index (χ1v) is 8.20. The maximum atomic E-state index is 11.6. The predicted molar refractivity (Wildman–Crippen MR) is 71.2 cm³/mol. The van der Waals surface area contributed by atoms with Crippen molar-refractivity contribution in [1.82, 2.24) is 5.32 Å². The van der Waals surface area contributed by atoms with Gasteiger partial charge in [-0.25, -0.2) is 8.42 Å². The summed E-state index contributed by atoms with van der Waals surface area (Å²) in [6.45, 7) is 0.557. The molecule has 0 radical (unpaired) electrons. The van der Waals surface area contributed by atoms with Crippen molar-refractivity contribution in [2.75, 3.05) is 18.1 Å². The Morgan fingerprint density at radius 3 is 2.88 bits per heavy atom. The third kappa shape index (κ3) is 2.22. The van der Waals surface area contributed by atoms with Crippen LogP contribution >= 0.6 is 11.3 Å². The summed E-state index contributed by atoms with van der Waals surface area (Å²) in [6.07, 6.45) is 0. The molecule has 1 unspecified atom stereocenters. The molecule has 0 aliphatic carbocycles. The molecule has 0 bridgehead atoms. The average molecular weight is 267 g/mol. The minimum absolute atomic E-state index is 0.0360. The second-order valence-corrected chi connectivity index (χ2v) is 7.65. The van der Waals surface area contributed by atoms with Gasteiger partial charge < -0.3 is 5.32 Å². The van der Waals surface area contributed by atoms with Crippen molar-refractivity contribution in [3.8, 4) is 0 Å². The number of sulfone groups is 1. The lowest BCUT2D eigenvalue weighted by Crippen LogP contribution is -2.38. The summed E-state index contributed by atoms with van der Waals surface area (Å²) < 4.78 is 24.4. The van der Waals surface area contributed by atoms with Crippen LogP contribution in [0.3, 0.4) is 0 Å². The number of thiophene rings is 1. The Morgan fingerprint density at radius 2 is 2.12 bits per heavy atom. The lowest BCUT2D eigenvalue weighted by molar-refractivity contribution is 0.535. The van der Waals surface area contributed by atoms with Crippen molar-refractivity contribution < 1.29 is 8.42 Å². The molecule has 2 aromatic rings. The van der Waals surface area contributed by atoms with E-state index in [0.29, 0.717) is 6.54 Å². The molecule has 1 fully saturated rings. The lowest BCUT2D eigenvalue weighted by Gasteiger charge is -2.22. The van der Waals surface area contributed by atoms with Crippen LogP contribution < -0.4 is 5.32 Å². The number of hydrogen-bond acceptors (Lipinski definition) is 4. The average Bonchev–Trinajstić information content (AvgIpc) is 2.71. The van der Waals surface area contributed by atoms with Gasteiger partial charge in [0.15, 0.2) is 9.84 Å². The lowest BCUT2D eigenvalue weighted by atomic mass is 10.2. The van der Waals surface area contributed by atoms with Crippen LogP contribution in [0.5, 0.6) is 0 Å². The number of hydrogen-bond donors (Lipinski definition) is 1. The monoisotopic (exact) mass is 267 g/mol. The SMILES string of the molecule is O=S1(=O)CCNC(c2cc3ccccc3s2)C1. The quantitative estimate of drug-likeness (QED) is 0.859. The third-order valence-corrected chi connectivity index (χ3v) is 5.91. The summed E-state index contributed by atoms with van der Waals surface area (Å²) in [4.78, 5) is 1.12. The van der Waals surface area contributed by atoms with Gasteiger partial charge in [-0.2, -0.15) is 0 Å². The maximum Gasteiger partial charge on any atom is 0.153 e. The van der Waals surface area contributed by atoms with Crippen LogP contribution in [0.2, 0.25) is 0 Å². The van der Waals surface area contributed by atoms with Crippen LogP contribution in [-0.4, -0.2) is 26.5 Å². The molecule has 1 N–H and O–H groups in total. The molecule has 1 aliphatic heterocycles. The van der Waals surface area contributed by atoms with Gasteiger partial charge >= 0.3 is 0 Å². The zero-order valence-electron chi connectivity index (χ0n) is 9.22. The molecule has 17 heavy (non-hydrogen) atoms. The molecule has 0 spiro atoms. The number of nitrogens with one attached hydrogen (secondary N) is 1. The largest absolute Gasteiger partial charge is 0.307 e. The summed E-state index contributed by atoms with van der Waals surface area (Å²) in [6, 6.07) is 10.2. The van der Waals surface area contributed by atoms with Gasteiger partial charge in [-0.05, 0) is 17.5 Å². The molecular weight excluding hydrogens is 254 g/mol. The van der Waals surface area contributed by atoms with Crippen LogP contribution in [0.4, 0.5) is 0 Å². The van der Waals surface area contributed by atoms with E-state index in [1.807, 2.05) is 12.1 Å². The molecule has 0 amide bonds. The molecule has 1 atom stereocenters. The fraction of sp³-hybridized carbons (Fsp3) is 0.333. The van der Waals surface area contributed by atoms with Crippen LogP contribution in [-0.2, 0) is 9.84 Å². The normalized spacial score (nSPS) is 23.9. The molecule has 2 heterocycles. The topological polar surface area (TPSA) is 46.2 Å². The highest BCUT2D eigenvalue weighted by Gasteiger charge is 2.26. The van der Waals surface area contributed by atoms with E-state index in [9.17, 15) is 8.42 Å². The standard InChI is InChI=1S/C12H13NO2S2/c14-17(15)6-5-13-10(8-17)12-7-9-3-1-2-4-11(9)16-12/h1-4,7,10,13H,5-6,8H2. The zero-order valence-corrected chi connectivity index (χ0v) is 10.9. The Labute approximate surface area is 104 Å². The van der Waals surface area contributed by atoms with Crippen LogP contribution in [0.15, 0.2) is 30.3 Å². The van der Waals surface area contributed by atoms with E-state index in [-0.39, 0.29) is 17.5 Å². The van der Waals surface area contributed by atoms with Crippen molar-refractivity contribution in [1.29, 1.82) is 0 Å². The Balaban J connectivity index is 1.98. The maximum absolute atomic E-state index is 11.6. The second-order valence-electron chi connectivity index (χ2n) is 4.31. The van der Waals surface area contributed by atoms with Gasteiger partial charge in [0.25, 0.3) is 0 Å². The van der Waals surface area contributed by atoms with Crippen molar-refractivity contribution in [2.45, 2.75) is 6.04 Å². The summed E-state index contributed by atoms with van der Waals surface area (Å²) in [5, 5.41) is 4.48. The molecular formula is C12H13NO2S2. The highest BCUT2D eigenvalue weighted by Crippen LogP contribution is 2.31. The fourth-order valence-corrected chi connectivity index (χ4v) is 4.79. The molecule has 3 nitrogen and oxygen atoms in total. The predicted octanol–water partition coefficient (Wildman–Crippen LogP) is 1.96. The van der Waals surface area contributed by atoms with E-state index in [4.69, 9.17) is 0 Å². The van der Waals surface area contributed by atoms with Gasteiger partial charge in [-0.3, -0.25) is 0 Å². The van der Waals surface area contributed by atoms with E-state index >= 15 is 0 Å². The van der Waals surface area contributed by atoms with Crippen molar-refractivity contribution in [3.05, 3.63) is 35.2 Å². The van der Waals surface area contributed by atoms with E-state index in [1.54, 1.807) is 11.3 Å². The summed E-state index contributed by atoms with van der Waals surface area (Å²) in [5.74, 6) is 0.480. The molecule has 1 saturated heterocycles. The highest BCUT2D eigenvalue weighted by atomic mass is 32.2. The van der Waals surface area contributed by atoms with Crippen molar-refractivity contribution in [2.24, 2.45) is 0 Å². The van der Waals surface area contributed by atoms with Crippen molar-refractivity contribution in [3.63, 3.8) is 0 Å². The van der Waals surface area contributed by atoms with E-state index in [1.165, 1.54) is 10.1 Å². The van der Waals surface area contributed by atoms with Gasteiger partial charge in [0, 0.05) is 16.1 Å². The first kappa shape index (κ1) is 11.2.